The number of Topliss-reactive ketones (excluding diaryl/α,β-unsaturated/α-hetero) is 1. The van der Waals surface area contributed by atoms with Crippen LogP contribution >= 0.6 is 0 Å². The minimum atomic E-state index is -1.35. The molecule has 0 saturated heterocycles. The van der Waals surface area contributed by atoms with Gasteiger partial charge in [-0.2, -0.15) is 0 Å². The van der Waals surface area contributed by atoms with Gasteiger partial charge < -0.3 is 9.64 Å². The lowest BCUT2D eigenvalue weighted by Gasteiger charge is -2.35. The summed E-state index contributed by atoms with van der Waals surface area (Å²) in [5, 5.41) is 0. The molecule has 4 heteroatoms. The number of carbonyl (C=O) groups excluding carboxylic acids is 2. The van der Waals surface area contributed by atoms with Crippen LogP contribution < -0.4 is 4.90 Å². The second kappa shape index (κ2) is 7.63. The summed E-state index contributed by atoms with van der Waals surface area (Å²) in [4.78, 5) is 28.6. The van der Waals surface area contributed by atoms with Crippen molar-refractivity contribution in [1.82, 2.24) is 0 Å². The SMILES string of the molecule is CC1(C(=O)OCc2ccccc2)C(=O)C2=C(CCCCC2)N1c1ccccc1. The zero-order valence-electron chi connectivity index (χ0n) is 16.2. The number of ketones is 1. The smallest absolute Gasteiger partial charge is 0.340 e. The summed E-state index contributed by atoms with van der Waals surface area (Å²) in [5.74, 6) is -0.593. The van der Waals surface area contributed by atoms with Crippen molar-refractivity contribution in [2.75, 3.05) is 4.90 Å². The molecule has 2 aliphatic rings. The van der Waals surface area contributed by atoms with Crippen LogP contribution in [0.3, 0.4) is 0 Å². The Morgan fingerprint density at radius 3 is 2.32 bits per heavy atom. The van der Waals surface area contributed by atoms with Gasteiger partial charge in [0.1, 0.15) is 6.61 Å². The summed E-state index contributed by atoms with van der Waals surface area (Å²) in [5.41, 5.74) is 2.22. The van der Waals surface area contributed by atoms with Gasteiger partial charge in [-0.1, -0.05) is 55.0 Å². The number of rotatable bonds is 4. The number of allylic oxidation sites excluding steroid dienone is 1. The molecular formula is C24H25NO3. The van der Waals surface area contributed by atoms with Crippen LogP contribution in [-0.4, -0.2) is 17.3 Å². The Hall–Kier alpha value is -2.88. The first-order chi connectivity index (χ1) is 13.6. The maximum absolute atomic E-state index is 13.5. The predicted molar refractivity (Wildman–Crippen MR) is 109 cm³/mol. The molecule has 1 aliphatic heterocycles. The van der Waals surface area contributed by atoms with E-state index in [1.54, 1.807) is 6.92 Å². The van der Waals surface area contributed by atoms with Crippen LogP contribution in [0, 0.1) is 0 Å². The third-order valence-electron chi connectivity index (χ3n) is 5.75. The Morgan fingerprint density at radius 2 is 1.61 bits per heavy atom. The lowest BCUT2D eigenvalue weighted by atomic mass is 9.91. The molecule has 1 aliphatic carbocycles. The fourth-order valence-electron chi connectivity index (χ4n) is 4.26. The van der Waals surface area contributed by atoms with Crippen molar-refractivity contribution in [3.8, 4) is 0 Å². The molecule has 0 aromatic heterocycles. The summed E-state index contributed by atoms with van der Waals surface area (Å²) >= 11 is 0. The number of nitrogens with zero attached hydrogens (tertiary/aromatic N) is 1. The van der Waals surface area contributed by atoms with Gasteiger partial charge in [-0.3, -0.25) is 4.79 Å². The standard InChI is InChI=1S/C24H25NO3/c1-24(23(27)28-17-18-11-5-2-6-12-18)22(26)20-15-9-4-10-16-21(20)25(24)19-13-7-3-8-14-19/h2-3,5-8,11-14H,4,9-10,15-17H2,1H3. The zero-order chi connectivity index (χ0) is 19.6. The van der Waals surface area contributed by atoms with E-state index < -0.39 is 11.5 Å². The van der Waals surface area contributed by atoms with E-state index in [0.29, 0.717) is 0 Å². The summed E-state index contributed by atoms with van der Waals surface area (Å²) in [6.07, 6.45) is 4.68. The molecule has 28 heavy (non-hydrogen) atoms. The van der Waals surface area contributed by atoms with Crippen molar-refractivity contribution in [2.45, 2.75) is 51.2 Å². The van der Waals surface area contributed by atoms with Crippen LogP contribution in [0.25, 0.3) is 0 Å². The maximum Gasteiger partial charge on any atom is 0.340 e. The number of hydrogen-bond acceptors (Lipinski definition) is 4. The fraction of sp³-hybridized carbons (Fsp3) is 0.333. The summed E-state index contributed by atoms with van der Waals surface area (Å²) in [6, 6.07) is 19.3. The first kappa shape index (κ1) is 18.5. The number of carbonyl (C=O) groups is 2. The van der Waals surface area contributed by atoms with Gasteiger partial charge in [-0.05, 0) is 50.3 Å². The molecule has 1 unspecified atom stereocenters. The van der Waals surface area contributed by atoms with Crippen molar-refractivity contribution in [3.05, 3.63) is 77.5 Å². The predicted octanol–water partition coefficient (Wildman–Crippen LogP) is 4.80. The second-order valence-corrected chi connectivity index (χ2v) is 7.62. The largest absolute Gasteiger partial charge is 0.459 e. The van der Waals surface area contributed by atoms with Gasteiger partial charge in [0.15, 0.2) is 5.78 Å². The highest BCUT2D eigenvalue weighted by atomic mass is 16.5. The van der Waals surface area contributed by atoms with Crippen LogP contribution in [0.5, 0.6) is 0 Å². The van der Waals surface area contributed by atoms with E-state index in [1.165, 1.54) is 0 Å². The molecule has 0 amide bonds. The summed E-state index contributed by atoms with van der Waals surface area (Å²) in [7, 11) is 0. The maximum atomic E-state index is 13.5. The second-order valence-electron chi connectivity index (χ2n) is 7.62. The number of esters is 1. The average molecular weight is 375 g/mol. The fourth-order valence-corrected chi connectivity index (χ4v) is 4.26. The number of para-hydroxylation sites is 1. The van der Waals surface area contributed by atoms with Gasteiger partial charge in [-0.15, -0.1) is 0 Å². The molecule has 4 nitrogen and oxygen atoms in total. The van der Waals surface area contributed by atoms with Gasteiger partial charge in [-0.25, -0.2) is 4.79 Å². The number of hydrogen-bond donors (Lipinski definition) is 0. The van der Waals surface area contributed by atoms with E-state index in [1.807, 2.05) is 65.6 Å². The molecule has 2 aromatic carbocycles. The van der Waals surface area contributed by atoms with Crippen molar-refractivity contribution in [3.63, 3.8) is 0 Å². The first-order valence-electron chi connectivity index (χ1n) is 9.95. The normalized spacial score (nSPS) is 22.0. The molecule has 1 heterocycles. The van der Waals surface area contributed by atoms with Gasteiger partial charge >= 0.3 is 5.97 Å². The van der Waals surface area contributed by atoms with E-state index in [-0.39, 0.29) is 12.4 Å². The number of ether oxygens (including phenoxy) is 1. The number of benzene rings is 2. The van der Waals surface area contributed by atoms with Crippen LogP contribution in [0.1, 0.15) is 44.6 Å². The molecule has 0 bridgehead atoms. The first-order valence-corrected chi connectivity index (χ1v) is 9.95. The summed E-state index contributed by atoms with van der Waals surface area (Å²) in [6.45, 7) is 1.88. The van der Waals surface area contributed by atoms with Crippen LogP contribution in [0.15, 0.2) is 71.9 Å². The highest BCUT2D eigenvalue weighted by Gasteiger charge is 2.56. The van der Waals surface area contributed by atoms with E-state index in [4.69, 9.17) is 4.74 Å². The zero-order valence-corrected chi connectivity index (χ0v) is 16.2. The Balaban J connectivity index is 1.69. The average Bonchev–Trinajstić information content (AvgIpc) is 2.88. The third kappa shape index (κ3) is 3.13. The highest BCUT2D eigenvalue weighted by Crippen LogP contribution is 2.44. The van der Waals surface area contributed by atoms with E-state index >= 15 is 0 Å². The van der Waals surface area contributed by atoms with Crippen molar-refractivity contribution in [1.29, 1.82) is 0 Å². The monoisotopic (exact) mass is 375 g/mol. The lowest BCUT2D eigenvalue weighted by molar-refractivity contribution is -0.153. The van der Waals surface area contributed by atoms with Gasteiger partial charge in [0.2, 0.25) is 5.54 Å². The molecule has 0 radical (unpaired) electrons. The molecule has 144 valence electrons. The lowest BCUT2D eigenvalue weighted by Crippen LogP contribution is -2.54. The molecule has 1 atom stereocenters. The molecule has 0 fully saturated rings. The minimum absolute atomic E-state index is 0.105. The van der Waals surface area contributed by atoms with Gasteiger partial charge in [0.05, 0.1) is 0 Å². The molecule has 0 N–H and O–H groups in total. The van der Waals surface area contributed by atoms with E-state index in [9.17, 15) is 9.59 Å². The number of anilines is 1. The van der Waals surface area contributed by atoms with Crippen molar-refractivity contribution >= 4 is 17.4 Å². The minimum Gasteiger partial charge on any atom is -0.459 e. The molecular weight excluding hydrogens is 350 g/mol. The Kier molecular flexibility index (Phi) is 5.03. The molecule has 0 saturated carbocycles. The Labute approximate surface area is 165 Å². The van der Waals surface area contributed by atoms with E-state index in [0.717, 1.165) is 54.6 Å². The van der Waals surface area contributed by atoms with Gasteiger partial charge in [0, 0.05) is 17.0 Å². The van der Waals surface area contributed by atoms with Crippen LogP contribution in [0.4, 0.5) is 5.69 Å². The topological polar surface area (TPSA) is 46.6 Å². The summed E-state index contributed by atoms with van der Waals surface area (Å²) < 4.78 is 5.65. The Morgan fingerprint density at radius 1 is 0.964 bits per heavy atom. The third-order valence-corrected chi connectivity index (χ3v) is 5.75. The molecule has 2 aromatic rings. The van der Waals surface area contributed by atoms with Crippen molar-refractivity contribution < 1.29 is 14.3 Å². The highest BCUT2D eigenvalue weighted by molar-refractivity contribution is 6.22. The molecule has 4 rings (SSSR count). The quantitative estimate of drug-likeness (QED) is 0.569. The Bertz CT molecular complexity index is 904. The van der Waals surface area contributed by atoms with Crippen LogP contribution in [0.2, 0.25) is 0 Å². The molecule has 0 spiro atoms. The van der Waals surface area contributed by atoms with Crippen LogP contribution in [-0.2, 0) is 20.9 Å². The van der Waals surface area contributed by atoms with Crippen molar-refractivity contribution in [2.24, 2.45) is 0 Å². The van der Waals surface area contributed by atoms with E-state index in [2.05, 4.69) is 0 Å². The van der Waals surface area contributed by atoms with Gasteiger partial charge in [0.25, 0.3) is 0 Å².